The molecule has 0 radical (unpaired) electrons. The summed E-state index contributed by atoms with van der Waals surface area (Å²) in [7, 11) is 2.06. The van der Waals surface area contributed by atoms with Crippen molar-refractivity contribution in [2.45, 2.75) is 59.0 Å². The second-order valence-electron chi connectivity index (χ2n) is 4.26. The van der Waals surface area contributed by atoms with E-state index >= 15 is 0 Å². The summed E-state index contributed by atoms with van der Waals surface area (Å²) in [6.07, 6.45) is 3.85. The summed E-state index contributed by atoms with van der Waals surface area (Å²) in [5.74, 6) is 0. The van der Waals surface area contributed by atoms with Crippen LogP contribution in [0.4, 0.5) is 0 Å². The zero-order chi connectivity index (χ0) is 11.0. The lowest BCUT2D eigenvalue weighted by molar-refractivity contribution is 0.225. The average molecular weight is 200 g/mol. The highest BCUT2D eigenvalue weighted by atomic mass is 15.1. The second-order valence-corrected chi connectivity index (χ2v) is 4.26. The zero-order valence-electron chi connectivity index (χ0n) is 10.6. The molecule has 0 fully saturated rings. The summed E-state index contributed by atoms with van der Waals surface area (Å²) in [5, 5.41) is 3.35. The molecule has 0 aromatic rings. The smallest absolute Gasteiger partial charge is 0.00619 e. The fourth-order valence-electron chi connectivity index (χ4n) is 1.87. The van der Waals surface area contributed by atoms with Crippen molar-refractivity contribution < 1.29 is 0 Å². The Bertz CT molecular complexity index is 119. The van der Waals surface area contributed by atoms with Gasteiger partial charge in [0.05, 0.1) is 0 Å². The average Bonchev–Trinajstić information content (AvgIpc) is 2.18. The van der Waals surface area contributed by atoms with E-state index in [1.165, 1.54) is 32.4 Å². The number of nitrogens with one attached hydrogen (secondary N) is 1. The first-order valence-electron chi connectivity index (χ1n) is 6.06. The van der Waals surface area contributed by atoms with Crippen LogP contribution in [0.5, 0.6) is 0 Å². The third-order valence-corrected chi connectivity index (χ3v) is 3.04. The van der Waals surface area contributed by atoms with Gasteiger partial charge in [-0.25, -0.2) is 0 Å². The van der Waals surface area contributed by atoms with Gasteiger partial charge in [0.2, 0.25) is 0 Å². The highest BCUT2D eigenvalue weighted by molar-refractivity contribution is 4.65. The van der Waals surface area contributed by atoms with Gasteiger partial charge < -0.3 is 10.2 Å². The first-order chi connectivity index (χ1) is 6.65. The van der Waals surface area contributed by atoms with Gasteiger partial charge >= 0.3 is 0 Å². The molecule has 0 saturated carbocycles. The minimum Gasteiger partial charge on any atom is -0.317 e. The van der Waals surface area contributed by atoms with E-state index in [1.807, 2.05) is 0 Å². The van der Waals surface area contributed by atoms with Crippen molar-refractivity contribution in [1.82, 2.24) is 10.2 Å². The van der Waals surface area contributed by atoms with Gasteiger partial charge in [-0.2, -0.15) is 0 Å². The predicted molar refractivity (Wildman–Crippen MR) is 64.8 cm³/mol. The van der Waals surface area contributed by atoms with Crippen LogP contribution in [0.3, 0.4) is 0 Å². The molecule has 0 aliphatic rings. The maximum absolute atomic E-state index is 3.35. The Balaban J connectivity index is 3.59. The van der Waals surface area contributed by atoms with Crippen molar-refractivity contribution >= 4 is 0 Å². The molecule has 1 N–H and O–H groups in total. The molecule has 2 heteroatoms. The van der Waals surface area contributed by atoms with E-state index in [-0.39, 0.29) is 0 Å². The van der Waals surface area contributed by atoms with Gasteiger partial charge in [-0.05, 0) is 53.2 Å². The SMILES string of the molecule is CCC(CCCN(CC)C(C)C)NC. The van der Waals surface area contributed by atoms with E-state index in [0.29, 0.717) is 12.1 Å². The fraction of sp³-hybridized carbons (Fsp3) is 1.00. The summed E-state index contributed by atoms with van der Waals surface area (Å²) in [6.45, 7) is 11.5. The molecule has 0 aromatic heterocycles. The van der Waals surface area contributed by atoms with Crippen LogP contribution in [-0.2, 0) is 0 Å². The Morgan fingerprint density at radius 3 is 2.21 bits per heavy atom. The molecular weight excluding hydrogens is 172 g/mol. The van der Waals surface area contributed by atoms with Gasteiger partial charge in [-0.15, -0.1) is 0 Å². The third-order valence-electron chi connectivity index (χ3n) is 3.04. The largest absolute Gasteiger partial charge is 0.317 e. The highest BCUT2D eigenvalue weighted by Gasteiger charge is 2.08. The van der Waals surface area contributed by atoms with E-state index in [0.717, 1.165) is 0 Å². The van der Waals surface area contributed by atoms with E-state index in [9.17, 15) is 0 Å². The maximum Gasteiger partial charge on any atom is 0.00619 e. The quantitative estimate of drug-likeness (QED) is 0.647. The second kappa shape index (κ2) is 8.25. The summed E-state index contributed by atoms with van der Waals surface area (Å²) in [4.78, 5) is 2.53. The van der Waals surface area contributed by atoms with Crippen LogP contribution < -0.4 is 5.32 Å². The van der Waals surface area contributed by atoms with E-state index in [1.54, 1.807) is 0 Å². The molecular formula is C12H28N2. The van der Waals surface area contributed by atoms with E-state index in [2.05, 4.69) is 45.0 Å². The van der Waals surface area contributed by atoms with Crippen molar-refractivity contribution in [3.8, 4) is 0 Å². The summed E-state index contributed by atoms with van der Waals surface area (Å²) >= 11 is 0. The Morgan fingerprint density at radius 2 is 1.86 bits per heavy atom. The number of rotatable bonds is 8. The number of nitrogens with zero attached hydrogens (tertiary/aromatic N) is 1. The van der Waals surface area contributed by atoms with Gasteiger partial charge in [0.1, 0.15) is 0 Å². The molecule has 1 atom stereocenters. The Kier molecular flexibility index (Phi) is 8.20. The molecule has 14 heavy (non-hydrogen) atoms. The van der Waals surface area contributed by atoms with Gasteiger partial charge in [0.15, 0.2) is 0 Å². The van der Waals surface area contributed by atoms with Crippen LogP contribution >= 0.6 is 0 Å². The normalized spacial score (nSPS) is 13.9. The minimum absolute atomic E-state index is 0.690. The molecule has 2 nitrogen and oxygen atoms in total. The molecule has 0 aliphatic carbocycles. The van der Waals surface area contributed by atoms with Crippen molar-refractivity contribution in [3.05, 3.63) is 0 Å². The first kappa shape index (κ1) is 13.9. The molecule has 0 saturated heterocycles. The van der Waals surface area contributed by atoms with Crippen LogP contribution in [-0.4, -0.2) is 37.1 Å². The molecule has 0 rings (SSSR count). The molecule has 0 aliphatic heterocycles. The van der Waals surface area contributed by atoms with Crippen LogP contribution in [0.15, 0.2) is 0 Å². The predicted octanol–water partition coefficient (Wildman–Crippen LogP) is 2.49. The molecule has 0 bridgehead atoms. The van der Waals surface area contributed by atoms with Crippen LogP contribution in [0.2, 0.25) is 0 Å². The molecule has 1 unspecified atom stereocenters. The molecule has 0 heterocycles. The van der Waals surface area contributed by atoms with E-state index in [4.69, 9.17) is 0 Å². The first-order valence-corrected chi connectivity index (χ1v) is 6.06. The maximum atomic E-state index is 3.35. The van der Waals surface area contributed by atoms with Gasteiger partial charge in [0.25, 0.3) is 0 Å². The lowest BCUT2D eigenvalue weighted by Gasteiger charge is -2.25. The van der Waals surface area contributed by atoms with Gasteiger partial charge in [-0.3, -0.25) is 0 Å². The summed E-state index contributed by atoms with van der Waals surface area (Å²) < 4.78 is 0. The van der Waals surface area contributed by atoms with Crippen LogP contribution in [0, 0.1) is 0 Å². The number of hydrogen-bond acceptors (Lipinski definition) is 2. The fourth-order valence-corrected chi connectivity index (χ4v) is 1.87. The number of hydrogen-bond donors (Lipinski definition) is 1. The van der Waals surface area contributed by atoms with E-state index < -0.39 is 0 Å². The Labute approximate surface area is 90.1 Å². The van der Waals surface area contributed by atoms with Crippen LogP contribution in [0.1, 0.15) is 47.0 Å². The van der Waals surface area contributed by atoms with Crippen molar-refractivity contribution in [1.29, 1.82) is 0 Å². The van der Waals surface area contributed by atoms with Crippen molar-refractivity contribution in [2.75, 3.05) is 20.1 Å². The Morgan fingerprint density at radius 1 is 1.21 bits per heavy atom. The molecule has 0 amide bonds. The molecule has 0 aromatic carbocycles. The standard InChI is InChI=1S/C12H28N2/c1-6-12(13-5)9-8-10-14(7-2)11(3)4/h11-13H,6-10H2,1-5H3. The van der Waals surface area contributed by atoms with Crippen molar-refractivity contribution in [2.24, 2.45) is 0 Å². The zero-order valence-corrected chi connectivity index (χ0v) is 10.6. The van der Waals surface area contributed by atoms with Crippen molar-refractivity contribution in [3.63, 3.8) is 0 Å². The minimum atomic E-state index is 0.690. The molecule has 0 spiro atoms. The van der Waals surface area contributed by atoms with Gasteiger partial charge in [0, 0.05) is 12.1 Å². The van der Waals surface area contributed by atoms with Crippen LogP contribution in [0.25, 0.3) is 0 Å². The summed E-state index contributed by atoms with van der Waals surface area (Å²) in [6, 6.07) is 1.40. The topological polar surface area (TPSA) is 15.3 Å². The van der Waals surface area contributed by atoms with Gasteiger partial charge in [-0.1, -0.05) is 13.8 Å². The lowest BCUT2D eigenvalue weighted by Crippen LogP contribution is -2.33. The Hall–Kier alpha value is -0.0800. The monoisotopic (exact) mass is 200 g/mol. The third kappa shape index (κ3) is 5.61. The molecule has 86 valence electrons. The highest BCUT2D eigenvalue weighted by Crippen LogP contribution is 2.05. The summed E-state index contributed by atoms with van der Waals surface area (Å²) in [5.41, 5.74) is 0. The lowest BCUT2D eigenvalue weighted by atomic mass is 10.1.